The van der Waals surface area contributed by atoms with E-state index in [0.717, 1.165) is 36.0 Å². The number of carbonyl (C=O) groups excluding carboxylic acids is 1. The molecular formula is C18H19NO. The number of anilines is 1. The number of allylic oxidation sites excluding steroid dienone is 5. The number of Topliss-reactive ketones (excluding diaryl/α,β-unsaturated/α-hetero) is 1. The van der Waals surface area contributed by atoms with Crippen molar-refractivity contribution in [2.75, 3.05) is 19.0 Å². The minimum atomic E-state index is 0.215. The zero-order chi connectivity index (χ0) is 14.1. The van der Waals surface area contributed by atoms with Crippen molar-refractivity contribution in [1.82, 2.24) is 0 Å². The first-order valence-corrected chi connectivity index (χ1v) is 7.06. The van der Waals surface area contributed by atoms with Crippen molar-refractivity contribution in [3.05, 3.63) is 58.7 Å². The number of hydrogen-bond acceptors (Lipinski definition) is 2. The number of carbonyl (C=O) groups is 1. The fourth-order valence-corrected chi connectivity index (χ4v) is 2.80. The molecule has 2 aliphatic rings. The van der Waals surface area contributed by atoms with E-state index < -0.39 is 0 Å². The molecule has 0 fully saturated rings. The third-order valence-electron chi connectivity index (χ3n) is 3.97. The summed E-state index contributed by atoms with van der Waals surface area (Å²) >= 11 is 0. The molecule has 0 heterocycles. The number of benzene rings is 1. The van der Waals surface area contributed by atoms with Gasteiger partial charge in [-0.25, -0.2) is 0 Å². The summed E-state index contributed by atoms with van der Waals surface area (Å²) in [6.07, 6.45) is 9.07. The van der Waals surface area contributed by atoms with E-state index >= 15 is 0 Å². The molecule has 0 unspecified atom stereocenters. The summed E-state index contributed by atoms with van der Waals surface area (Å²) in [5, 5.41) is 0. The first kappa shape index (κ1) is 12.9. The van der Waals surface area contributed by atoms with E-state index in [9.17, 15) is 4.79 Å². The Morgan fingerprint density at radius 3 is 2.55 bits per heavy atom. The molecule has 2 heteroatoms. The fourth-order valence-electron chi connectivity index (χ4n) is 2.80. The summed E-state index contributed by atoms with van der Waals surface area (Å²) in [7, 11) is 4.05. The van der Waals surface area contributed by atoms with E-state index in [1.165, 1.54) is 11.3 Å². The highest BCUT2D eigenvalue weighted by Crippen LogP contribution is 2.35. The predicted octanol–water partition coefficient (Wildman–Crippen LogP) is 3.76. The van der Waals surface area contributed by atoms with Gasteiger partial charge in [-0.3, -0.25) is 4.79 Å². The number of rotatable bonds is 2. The molecular weight excluding hydrogens is 246 g/mol. The number of ketones is 1. The van der Waals surface area contributed by atoms with Gasteiger partial charge >= 0.3 is 0 Å². The van der Waals surface area contributed by atoms with E-state index in [1.807, 2.05) is 26.2 Å². The van der Waals surface area contributed by atoms with Crippen molar-refractivity contribution in [2.24, 2.45) is 0 Å². The summed E-state index contributed by atoms with van der Waals surface area (Å²) in [6.45, 7) is 0. The Kier molecular flexibility index (Phi) is 3.31. The van der Waals surface area contributed by atoms with Gasteiger partial charge in [0.25, 0.3) is 0 Å². The first-order chi connectivity index (χ1) is 9.65. The Bertz CT molecular complexity index is 630. The van der Waals surface area contributed by atoms with Crippen LogP contribution in [-0.2, 0) is 4.79 Å². The monoisotopic (exact) mass is 265 g/mol. The third-order valence-corrected chi connectivity index (χ3v) is 3.97. The highest BCUT2D eigenvalue weighted by Gasteiger charge is 2.26. The molecule has 1 aromatic rings. The molecule has 2 nitrogen and oxygen atoms in total. The summed E-state index contributed by atoms with van der Waals surface area (Å²) in [6, 6.07) is 8.31. The molecule has 0 saturated carbocycles. The smallest absolute Gasteiger partial charge is 0.189 e. The Balaban J connectivity index is 1.84. The van der Waals surface area contributed by atoms with Crippen molar-refractivity contribution in [2.45, 2.75) is 19.3 Å². The van der Waals surface area contributed by atoms with E-state index in [0.29, 0.717) is 0 Å². The SMILES string of the molecule is CN(C)c1ccc(/C=C2\CC3=C(C=CCC3)C2=O)cc1. The summed E-state index contributed by atoms with van der Waals surface area (Å²) in [4.78, 5) is 14.4. The predicted molar refractivity (Wildman–Crippen MR) is 83.8 cm³/mol. The molecule has 0 atom stereocenters. The van der Waals surface area contributed by atoms with Crippen molar-refractivity contribution < 1.29 is 4.79 Å². The molecule has 0 N–H and O–H groups in total. The maximum atomic E-state index is 12.3. The largest absolute Gasteiger partial charge is 0.378 e. The minimum absolute atomic E-state index is 0.215. The van der Waals surface area contributed by atoms with Gasteiger partial charge in [0.15, 0.2) is 5.78 Å². The second-order valence-electron chi connectivity index (χ2n) is 5.62. The maximum Gasteiger partial charge on any atom is 0.189 e. The molecule has 0 amide bonds. The molecule has 3 rings (SSSR count). The Morgan fingerprint density at radius 1 is 1.15 bits per heavy atom. The van der Waals surface area contributed by atoms with Crippen LogP contribution in [0, 0.1) is 0 Å². The van der Waals surface area contributed by atoms with Gasteiger partial charge in [0.05, 0.1) is 0 Å². The van der Waals surface area contributed by atoms with Gasteiger partial charge in [-0.05, 0) is 43.0 Å². The molecule has 20 heavy (non-hydrogen) atoms. The maximum absolute atomic E-state index is 12.3. The van der Waals surface area contributed by atoms with Crippen LogP contribution in [0.5, 0.6) is 0 Å². The summed E-state index contributed by atoms with van der Waals surface area (Å²) < 4.78 is 0. The second-order valence-corrected chi connectivity index (χ2v) is 5.62. The zero-order valence-electron chi connectivity index (χ0n) is 12.0. The van der Waals surface area contributed by atoms with Crippen molar-refractivity contribution in [3.63, 3.8) is 0 Å². The number of nitrogens with zero attached hydrogens (tertiary/aromatic N) is 1. The standard InChI is InChI=1S/C18H19NO/c1-19(2)16-9-7-13(8-10-16)11-15-12-14-5-3-4-6-17(14)18(15)20/h4,6-11H,3,5,12H2,1-2H3/b15-11+. The van der Waals surface area contributed by atoms with Gasteiger partial charge in [-0.1, -0.05) is 29.9 Å². The molecule has 0 bridgehead atoms. The first-order valence-electron chi connectivity index (χ1n) is 7.06. The lowest BCUT2D eigenvalue weighted by Crippen LogP contribution is -2.07. The van der Waals surface area contributed by atoms with E-state index in [4.69, 9.17) is 0 Å². The summed E-state index contributed by atoms with van der Waals surface area (Å²) in [5.41, 5.74) is 5.45. The molecule has 1 aromatic carbocycles. The molecule has 0 aliphatic heterocycles. The van der Waals surface area contributed by atoms with E-state index in [2.05, 4.69) is 35.2 Å². The van der Waals surface area contributed by atoms with E-state index in [-0.39, 0.29) is 5.78 Å². The summed E-state index contributed by atoms with van der Waals surface area (Å²) in [5.74, 6) is 0.215. The Morgan fingerprint density at radius 2 is 1.90 bits per heavy atom. The second kappa shape index (κ2) is 5.12. The van der Waals surface area contributed by atoms with Crippen LogP contribution < -0.4 is 4.90 Å². The lowest BCUT2D eigenvalue weighted by atomic mass is 10.0. The molecule has 102 valence electrons. The van der Waals surface area contributed by atoms with Crippen molar-refractivity contribution in [3.8, 4) is 0 Å². The topological polar surface area (TPSA) is 20.3 Å². The van der Waals surface area contributed by atoms with Crippen LogP contribution in [0.3, 0.4) is 0 Å². The Labute approximate surface area is 120 Å². The third kappa shape index (κ3) is 2.34. The highest BCUT2D eigenvalue weighted by molar-refractivity contribution is 6.16. The molecule has 2 aliphatic carbocycles. The molecule has 0 spiro atoms. The van der Waals surface area contributed by atoms with Crippen LogP contribution in [0.25, 0.3) is 6.08 Å². The van der Waals surface area contributed by atoms with Gasteiger partial charge < -0.3 is 4.90 Å². The lowest BCUT2D eigenvalue weighted by Gasteiger charge is -2.12. The van der Waals surface area contributed by atoms with Crippen LogP contribution in [0.2, 0.25) is 0 Å². The van der Waals surface area contributed by atoms with Gasteiger partial charge in [0.1, 0.15) is 0 Å². The van der Waals surface area contributed by atoms with Crippen LogP contribution in [0.1, 0.15) is 24.8 Å². The van der Waals surface area contributed by atoms with Crippen LogP contribution in [0.15, 0.2) is 53.1 Å². The normalized spacial score (nSPS) is 19.7. The molecule has 0 aromatic heterocycles. The van der Waals surface area contributed by atoms with Crippen molar-refractivity contribution >= 4 is 17.5 Å². The highest BCUT2D eigenvalue weighted by atomic mass is 16.1. The average molecular weight is 265 g/mol. The van der Waals surface area contributed by atoms with Gasteiger partial charge in [0.2, 0.25) is 0 Å². The minimum Gasteiger partial charge on any atom is -0.378 e. The van der Waals surface area contributed by atoms with Gasteiger partial charge in [-0.15, -0.1) is 0 Å². The Hall–Kier alpha value is -2.09. The molecule has 0 radical (unpaired) electrons. The quantitative estimate of drug-likeness (QED) is 0.759. The molecule has 0 saturated heterocycles. The lowest BCUT2D eigenvalue weighted by molar-refractivity contribution is -0.111. The van der Waals surface area contributed by atoms with Crippen LogP contribution in [-0.4, -0.2) is 19.9 Å². The average Bonchev–Trinajstić information content (AvgIpc) is 2.77. The number of hydrogen-bond donors (Lipinski definition) is 0. The van der Waals surface area contributed by atoms with Crippen LogP contribution >= 0.6 is 0 Å². The van der Waals surface area contributed by atoms with Gasteiger partial charge in [-0.2, -0.15) is 0 Å². The van der Waals surface area contributed by atoms with E-state index in [1.54, 1.807) is 0 Å². The van der Waals surface area contributed by atoms with Gasteiger partial charge in [0, 0.05) is 30.9 Å². The van der Waals surface area contributed by atoms with Crippen molar-refractivity contribution in [1.29, 1.82) is 0 Å². The van der Waals surface area contributed by atoms with Crippen LogP contribution in [0.4, 0.5) is 5.69 Å². The zero-order valence-corrected chi connectivity index (χ0v) is 12.0. The fraction of sp³-hybridized carbons (Fsp3) is 0.278.